The van der Waals surface area contributed by atoms with Crippen LogP contribution in [-0.2, 0) is 16.0 Å². The minimum absolute atomic E-state index is 0.0936. The van der Waals surface area contributed by atoms with Gasteiger partial charge in [0.05, 0.1) is 5.52 Å². The number of fused-ring (bicyclic) bond motifs is 1. The first-order valence-corrected chi connectivity index (χ1v) is 7.37. The molecule has 2 aromatic rings. The van der Waals surface area contributed by atoms with E-state index in [-0.39, 0.29) is 12.5 Å². The second-order valence-corrected chi connectivity index (χ2v) is 5.62. The highest BCUT2D eigenvalue weighted by molar-refractivity contribution is 5.81. The molecule has 4 nitrogen and oxygen atoms in total. The Morgan fingerprint density at radius 2 is 2.24 bits per heavy atom. The quantitative estimate of drug-likeness (QED) is 0.865. The highest BCUT2D eigenvalue weighted by Crippen LogP contribution is 2.24. The summed E-state index contributed by atoms with van der Waals surface area (Å²) in [5.74, 6) is 0.606. The molecule has 3 rings (SSSR count). The maximum Gasteiger partial charge on any atom is 0.248 e. The fourth-order valence-corrected chi connectivity index (χ4v) is 3.08. The predicted octanol–water partition coefficient (Wildman–Crippen LogP) is 2.27. The van der Waals surface area contributed by atoms with Gasteiger partial charge in [-0.05, 0) is 30.4 Å². The van der Waals surface area contributed by atoms with Crippen molar-refractivity contribution in [3.8, 4) is 0 Å². The molecule has 0 N–H and O–H groups in total. The Kier molecular flexibility index (Phi) is 4.15. The Balaban J connectivity index is 1.71. The van der Waals surface area contributed by atoms with Gasteiger partial charge in [0.25, 0.3) is 0 Å². The summed E-state index contributed by atoms with van der Waals surface area (Å²) in [6.45, 7) is 1.85. The van der Waals surface area contributed by atoms with E-state index in [0.29, 0.717) is 5.92 Å². The molecule has 1 unspecified atom stereocenters. The first-order chi connectivity index (χ1) is 10.3. The van der Waals surface area contributed by atoms with Crippen molar-refractivity contribution >= 4 is 16.8 Å². The van der Waals surface area contributed by atoms with Crippen LogP contribution in [0, 0.1) is 5.92 Å². The lowest BCUT2D eigenvalue weighted by atomic mass is 9.97. The maximum atomic E-state index is 11.8. The zero-order chi connectivity index (χ0) is 14.7. The number of carbonyl (C=O) groups is 1. The zero-order valence-electron chi connectivity index (χ0n) is 12.3. The summed E-state index contributed by atoms with van der Waals surface area (Å²) >= 11 is 0. The Labute approximate surface area is 124 Å². The van der Waals surface area contributed by atoms with E-state index >= 15 is 0 Å². The molecule has 0 saturated carbocycles. The van der Waals surface area contributed by atoms with Crippen LogP contribution in [0.25, 0.3) is 10.9 Å². The SMILES string of the molecule is COCC(=O)N1CCC(Cc2cccc3cccnc23)C1. The molecule has 1 atom stereocenters. The second-order valence-electron chi connectivity index (χ2n) is 5.62. The molecule has 1 saturated heterocycles. The number of benzene rings is 1. The van der Waals surface area contributed by atoms with E-state index in [4.69, 9.17) is 4.74 Å². The number of carbonyl (C=O) groups excluding carboxylic acids is 1. The van der Waals surface area contributed by atoms with E-state index < -0.39 is 0 Å². The monoisotopic (exact) mass is 284 g/mol. The lowest BCUT2D eigenvalue weighted by Gasteiger charge is -2.16. The third-order valence-electron chi connectivity index (χ3n) is 4.13. The smallest absolute Gasteiger partial charge is 0.248 e. The molecule has 4 heteroatoms. The number of para-hydroxylation sites is 1. The Hall–Kier alpha value is -1.94. The summed E-state index contributed by atoms with van der Waals surface area (Å²) < 4.78 is 4.93. The van der Waals surface area contributed by atoms with Crippen LogP contribution in [0.5, 0.6) is 0 Å². The first kappa shape index (κ1) is 14.0. The van der Waals surface area contributed by atoms with Crippen LogP contribution >= 0.6 is 0 Å². The summed E-state index contributed by atoms with van der Waals surface area (Å²) in [4.78, 5) is 18.3. The molecule has 21 heavy (non-hydrogen) atoms. The lowest BCUT2D eigenvalue weighted by molar-refractivity contribution is -0.134. The second kappa shape index (κ2) is 6.22. The topological polar surface area (TPSA) is 42.4 Å². The van der Waals surface area contributed by atoms with Crippen molar-refractivity contribution in [2.45, 2.75) is 12.8 Å². The maximum absolute atomic E-state index is 11.8. The number of amides is 1. The number of aromatic nitrogens is 1. The Morgan fingerprint density at radius 1 is 1.38 bits per heavy atom. The number of methoxy groups -OCH3 is 1. The minimum atomic E-state index is 0.0936. The number of hydrogen-bond acceptors (Lipinski definition) is 3. The summed E-state index contributed by atoms with van der Waals surface area (Å²) in [5.41, 5.74) is 2.36. The van der Waals surface area contributed by atoms with Crippen LogP contribution in [0.1, 0.15) is 12.0 Å². The van der Waals surface area contributed by atoms with Gasteiger partial charge in [-0.15, -0.1) is 0 Å². The van der Waals surface area contributed by atoms with Crippen molar-refractivity contribution in [1.82, 2.24) is 9.88 Å². The molecule has 110 valence electrons. The van der Waals surface area contributed by atoms with E-state index in [1.165, 1.54) is 10.9 Å². The summed E-state index contributed by atoms with van der Waals surface area (Å²) in [5, 5.41) is 1.18. The molecular weight excluding hydrogens is 264 g/mol. The summed E-state index contributed by atoms with van der Waals surface area (Å²) in [7, 11) is 1.56. The van der Waals surface area contributed by atoms with E-state index in [0.717, 1.165) is 31.4 Å². The number of rotatable bonds is 4. The fourth-order valence-electron chi connectivity index (χ4n) is 3.08. The molecule has 1 aromatic carbocycles. The highest BCUT2D eigenvalue weighted by Gasteiger charge is 2.26. The van der Waals surface area contributed by atoms with Gasteiger partial charge >= 0.3 is 0 Å². The summed E-state index contributed by atoms with van der Waals surface area (Å²) in [6.07, 6.45) is 3.87. The molecule has 0 aliphatic carbocycles. The Bertz CT molecular complexity index is 636. The third-order valence-corrected chi connectivity index (χ3v) is 4.13. The average molecular weight is 284 g/mol. The van der Waals surface area contributed by atoms with Crippen molar-refractivity contribution in [3.63, 3.8) is 0 Å². The van der Waals surface area contributed by atoms with E-state index in [1.807, 2.05) is 17.2 Å². The number of likely N-dealkylation sites (tertiary alicyclic amines) is 1. The number of nitrogens with zero attached hydrogens (tertiary/aromatic N) is 2. The van der Waals surface area contributed by atoms with Gasteiger partial charge in [-0.3, -0.25) is 9.78 Å². The van der Waals surface area contributed by atoms with Gasteiger partial charge in [0.2, 0.25) is 5.91 Å². The standard InChI is InChI=1S/C17H20N2O2/c1-21-12-16(20)19-9-7-13(11-19)10-15-5-2-4-14-6-3-8-18-17(14)15/h2-6,8,13H,7,9-12H2,1H3. The van der Waals surface area contributed by atoms with Crippen molar-refractivity contribution < 1.29 is 9.53 Å². The largest absolute Gasteiger partial charge is 0.375 e. The van der Waals surface area contributed by atoms with Gasteiger partial charge in [0.1, 0.15) is 6.61 Å². The molecular formula is C17H20N2O2. The molecule has 1 fully saturated rings. The number of ether oxygens (including phenoxy) is 1. The minimum Gasteiger partial charge on any atom is -0.375 e. The van der Waals surface area contributed by atoms with Crippen LogP contribution < -0.4 is 0 Å². The van der Waals surface area contributed by atoms with Crippen LogP contribution in [0.4, 0.5) is 0 Å². The highest BCUT2D eigenvalue weighted by atomic mass is 16.5. The molecule has 0 bridgehead atoms. The van der Waals surface area contributed by atoms with Gasteiger partial charge in [-0.1, -0.05) is 24.3 Å². The van der Waals surface area contributed by atoms with E-state index in [9.17, 15) is 4.79 Å². The van der Waals surface area contributed by atoms with Crippen molar-refractivity contribution in [2.75, 3.05) is 26.8 Å². The molecule has 1 aromatic heterocycles. The van der Waals surface area contributed by atoms with Crippen molar-refractivity contribution in [2.24, 2.45) is 5.92 Å². The predicted molar refractivity (Wildman–Crippen MR) is 82.0 cm³/mol. The van der Waals surface area contributed by atoms with Crippen LogP contribution in [0.2, 0.25) is 0 Å². The first-order valence-electron chi connectivity index (χ1n) is 7.37. The molecule has 0 spiro atoms. The molecule has 0 radical (unpaired) electrons. The molecule has 1 aliphatic rings. The van der Waals surface area contributed by atoms with Crippen molar-refractivity contribution in [3.05, 3.63) is 42.1 Å². The zero-order valence-corrected chi connectivity index (χ0v) is 12.3. The molecule has 2 heterocycles. The fraction of sp³-hybridized carbons (Fsp3) is 0.412. The van der Waals surface area contributed by atoms with Gasteiger partial charge in [-0.2, -0.15) is 0 Å². The van der Waals surface area contributed by atoms with E-state index in [1.54, 1.807) is 7.11 Å². The van der Waals surface area contributed by atoms with Crippen LogP contribution in [-0.4, -0.2) is 42.6 Å². The van der Waals surface area contributed by atoms with E-state index in [2.05, 4.69) is 29.2 Å². The van der Waals surface area contributed by atoms with Crippen LogP contribution in [0.3, 0.4) is 0 Å². The number of hydrogen-bond donors (Lipinski definition) is 0. The van der Waals surface area contributed by atoms with Gasteiger partial charge in [0, 0.05) is 31.8 Å². The molecule has 1 amide bonds. The average Bonchev–Trinajstić information content (AvgIpc) is 2.97. The van der Waals surface area contributed by atoms with Gasteiger partial charge in [0.15, 0.2) is 0 Å². The normalized spacial score (nSPS) is 18.3. The third kappa shape index (κ3) is 3.05. The summed E-state index contributed by atoms with van der Waals surface area (Å²) in [6, 6.07) is 10.4. The number of pyridine rings is 1. The Morgan fingerprint density at radius 3 is 3.10 bits per heavy atom. The lowest BCUT2D eigenvalue weighted by Crippen LogP contribution is -2.31. The van der Waals surface area contributed by atoms with Gasteiger partial charge < -0.3 is 9.64 Å². The molecule has 1 aliphatic heterocycles. The van der Waals surface area contributed by atoms with Crippen molar-refractivity contribution in [1.29, 1.82) is 0 Å². The van der Waals surface area contributed by atoms with Gasteiger partial charge in [-0.25, -0.2) is 0 Å². The van der Waals surface area contributed by atoms with Crippen LogP contribution in [0.15, 0.2) is 36.5 Å².